The van der Waals surface area contributed by atoms with Crippen LogP contribution in [0.15, 0.2) is 0 Å². The summed E-state index contributed by atoms with van der Waals surface area (Å²) in [6, 6.07) is 0. The monoisotopic (exact) mass is 136 g/mol. The zero-order chi connectivity index (χ0) is 6.78. The maximum absolute atomic E-state index is 9.86. The van der Waals surface area contributed by atoms with E-state index >= 15 is 0 Å². The molecule has 3 N–H and O–H groups in total. The molecule has 0 rings (SSSR count). The molecule has 0 aliphatic carbocycles. The average Bonchev–Trinajstić information content (AvgIpc) is 1.62. The molecule has 8 heavy (non-hydrogen) atoms. The van der Waals surface area contributed by atoms with Gasteiger partial charge in [0.2, 0.25) is 5.85 Å². The summed E-state index contributed by atoms with van der Waals surface area (Å²) in [4.78, 5) is 16.0. The Labute approximate surface area is 46.3 Å². The van der Waals surface area contributed by atoms with E-state index in [1.54, 1.807) is 0 Å². The molecule has 0 heterocycles. The Hall–Kier alpha value is -0.330. The summed E-state index contributed by atoms with van der Waals surface area (Å²) in [5.41, 5.74) is 0. The molecule has 0 aliphatic rings. The van der Waals surface area contributed by atoms with Crippen molar-refractivity contribution < 1.29 is 19.5 Å². The predicted molar refractivity (Wildman–Crippen MR) is 26.9 cm³/mol. The van der Waals surface area contributed by atoms with Gasteiger partial charge in [-0.3, -0.25) is 4.57 Å². The molecule has 0 saturated carbocycles. The van der Waals surface area contributed by atoms with Gasteiger partial charge in [-0.2, -0.15) is 0 Å². The van der Waals surface area contributed by atoms with Crippen molar-refractivity contribution >= 4 is 7.60 Å². The summed E-state index contributed by atoms with van der Waals surface area (Å²) in [6.45, 7) is 0. The van der Waals surface area contributed by atoms with Crippen LogP contribution in [0.3, 0.4) is 0 Å². The lowest BCUT2D eigenvalue weighted by Gasteiger charge is -2.02. The van der Waals surface area contributed by atoms with Crippen molar-refractivity contribution in [3.63, 3.8) is 0 Å². The highest BCUT2D eigenvalue weighted by Crippen LogP contribution is 2.38. The topological polar surface area (TPSA) is 77.8 Å². The van der Waals surface area contributed by atoms with Crippen LogP contribution in [0.2, 0.25) is 0 Å². The molecule has 0 bridgehead atoms. The van der Waals surface area contributed by atoms with E-state index in [2.05, 4.69) is 6.42 Å². The van der Waals surface area contributed by atoms with Gasteiger partial charge in [0, 0.05) is 0 Å². The lowest BCUT2D eigenvalue weighted by molar-refractivity contribution is 0.245. The van der Waals surface area contributed by atoms with E-state index in [-0.39, 0.29) is 0 Å². The molecular weight excluding hydrogens is 131 g/mol. The van der Waals surface area contributed by atoms with Gasteiger partial charge >= 0.3 is 7.60 Å². The molecule has 0 amide bonds. The van der Waals surface area contributed by atoms with Crippen LogP contribution < -0.4 is 0 Å². The van der Waals surface area contributed by atoms with Crippen LogP contribution >= 0.6 is 7.60 Å². The number of terminal acetylenes is 1. The van der Waals surface area contributed by atoms with Crippen LogP contribution in [0.25, 0.3) is 0 Å². The fraction of sp³-hybridized carbons (Fsp3) is 0.333. The van der Waals surface area contributed by atoms with Gasteiger partial charge < -0.3 is 14.9 Å². The SMILES string of the molecule is C#CC(O)P(=O)(O)O. The van der Waals surface area contributed by atoms with Crippen LogP contribution in [0, 0.1) is 12.3 Å². The molecule has 1 unspecified atom stereocenters. The number of rotatable bonds is 1. The smallest absolute Gasteiger partial charge is 0.366 e. The third-order valence-corrected chi connectivity index (χ3v) is 1.25. The highest BCUT2D eigenvalue weighted by atomic mass is 31.2. The van der Waals surface area contributed by atoms with E-state index < -0.39 is 13.4 Å². The first-order chi connectivity index (χ1) is 3.48. The average molecular weight is 136 g/mol. The van der Waals surface area contributed by atoms with Gasteiger partial charge in [0.25, 0.3) is 0 Å². The molecule has 0 spiro atoms. The van der Waals surface area contributed by atoms with Crippen molar-refractivity contribution in [2.75, 3.05) is 0 Å². The molecule has 1 atom stereocenters. The molecule has 0 saturated heterocycles. The van der Waals surface area contributed by atoms with Crippen molar-refractivity contribution in [3.05, 3.63) is 0 Å². The van der Waals surface area contributed by atoms with E-state index in [9.17, 15) is 4.57 Å². The standard InChI is InChI=1S/C3H5O4P/c1-2-3(4)8(5,6)7/h1,3-4H,(H2,5,6,7). The second-order valence-corrected chi connectivity index (χ2v) is 2.80. The third-order valence-electron chi connectivity index (χ3n) is 0.468. The van der Waals surface area contributed by atoms with Gasteiger partial charge in [-0.05, 0) is 0 Å². The Morgan fingerprint density at radius 1 is 1.62 bits per heavy atom. The molecule has 4 nitrogen and oxygen atoms in total. The lowest BCUT2D eigenvalue weighted by Crippen LogP contribution is -2.01. The van der Waals surface area contributed by atoms with E-state index in [0.29, 0.717) is 0 Å². The molecular formula is C3H5O4P. The Morgan fingerprint density at radius 2 is 2.00 bits per heavy atom. The van der Waals surface area contributed by atoms with Crippen molar-refractivity contribution in [3.8, 4) is 12.3 Å². The lowest BCUT2D eigenvalue weighted by atomic mass is 10.8. The number of aliphatic hydroxyl groups is 1. The summed E-state index contributed by atoms with van der Waals surface area (Å²) < 4.78 is 9.86. The minimum absolute atomic E-state index is 1.50. The summed E-state index contributed by atoms with van der Waals surface area (Å²) in [5.74, 6) is -0.459. The molecule has 0 fully saturated rings. The van der Waals surface area contributed by atoms with Gasteiger partial charge in [0.15, 0.2) is 0 Å². The third kappa shape index (κ3) is 2.10. The minimum atomic E-state index is -4.44. The molecule has 0 aromatic rings. The fourth-order valence-electron chi connectivity index (χ4n) is 0.0971. The van der Waals surface area contributed by atoms with Gasteiger partial charge in [-0.15, -0.1) is 6.42 Å². The molecule has 0 aromatic carbocycles. The Balaban J connectivity index is 4.09. The van der Waals surface area contributed by atoms with Gasteiger partial charge in [-0.1, -0.05) is 5.92 Å². The second-order valence-electron chi connectivity index (χ2n) is 1.13. The van der Waals surface area contributed by atoms with Crippen LogP contribution in [-0.2, 0) is 4.57 Å². The highest BCUT2D eigenvalue weighted by Gasteiger charge is 2.22. The Bertz CT molecular complexity index is 151. The van der Waals surface area contributed by atoms with Crippen molar-refractivity contribution in [2.45, 2.75) is 5.85 Å². The molecule has 5 heteroatoms. The molecule has 0 radical (unpaired) electrons. The molecule has 0 aliphatic heterocycles. The summed E-state index contributed by atoms with van der Waals surface area (Å²) in [7, 11) is -4.44. The molecule has 0 aromatic heterocycles. The van der Waals surface area contributed by atoms with E-state index in [1.807, 2.05) is 0 Å². The second kappa shape index (κ2) is 2.29. The van der Waals surface area contributed by atoms with Crippen LogP contribution in [0.4, 0.5) is 0 Å². The van der Waals surface area contributed by atoms with Gasteiger partial charge in [0.1, 0.15) is 0 Å². The van der Waals surface area contributed by atoms with Crippen LogP contribution in [0.5, 0.6) is 0 Å². The van der Waals surface area contributed by atoms with Crippen LogP contribution in [0.1, 0.15) is 0 Å². The normalized spacial score (nSPS) is 14.8. The largest absolute Gasteiger partial charge is 0.370 e. The maximum Gasteiger partial charge on any atom is 0.366 e. The maximum atomic E-state index is 9.86. The zero-order valence-corrected chi connectivity index (χ0v) is 4.75. The first-order valence-corrected chi connectivity index (χ1v) is 3.36. The summed E-state index contributed by atoms with van der Waals surface area (Å²) in [6.07, 6.45) is 4.47. The Kier molecular flexibility index (Phi) is 2.20. The predicted octanol–water partition coefficient (Wildman–Crippen LogP) is -0.884. The van der Waals surface area contributed by atoms with Gasteiger partial charge in [0.05, 0.1) is 0 Å². The van der Waals surface area contributed by atoms with Crippen molar-refractivity contribution in [1.82, 2.24) is 0 Å². The van der Waals surface area contributed by atoms with Crippen LogP contribution in [-0.4, -0.2) is 20.7 Å². The van der Waals surface area contributed by atoms with E-state index in [4.69, 9.17) is 14.9 Å². The van der Waals surface area contributed by atoms with Gasteiger partial charge in [-0.25, -0.2) is 0 Å². The number of hydrogen-bond acceptors (Lipinski definition) is 2. The van der Waals surface area contributed by atoms with E-state index in [0.717, 1.165) is 0 Å². The Morgan fingerprint density at radius 3 is 2.00 bits per heavy atom. The number of aliphatic hydroxyl groups excluding tert-OH is 1. The highest BCUT2D eigenvalue weighted by molar-refractivity contribution is 7.52. The quantitative estimate of drug-likeness (QED) is 0.323. The fourth-order valence-corrected chi connectivity index (χ4v) is 0.291. The summed E-state index contributed by atoms with van der Waals surface area (Å²) in [5, 5.41) is 8.20. The van der Waals surface area contributed by atoms with E-state index in [1.165, 1.54) is 5.92 Å². The first kappa shape index (κ1) is 7.67. The zero-order valence-electron chi connectivity index (χ0n) is 3.85. The summed E-state index contributed by atoms with van der Waals surface area (Å²) >= 11 is 0. The van der Waals surface area contributed by atoms with Crippen molar-refractivity contribution in [2.24, 2.45) is 0 Å². The first-order valence-electron chi connectivity index (χ1n) is 1.68. The molecule has 46 valence electrons. The van der Waals surface area contributed by atoms with Crippen molar-refractivity contribution in [1.29, 1.82) is 0 Å². The minimum Gasteiger partial charge on any atom is -0.370 e. The number of hydrogen-bond donors (Lipinski definition) is 3.